The van der Waals surface area contributed by atoms with Crippen LogP contribution in [0.1, 0.15) is 36.7 Å². The third-order valence-electron chi connectivity index (χ3n) is 7.22. The SMILES string of the molecule is CCN1CCC(Nc2ccc3c(c2)C(=C(c2cccc(N)c2)c2nc4ccccc4[nH]2)C(=O)N3)CC1. The van der Waals surface area contributed by atoms with Crippen molar-refractivity contribution >= 4 is 45.1 Å². The first-order valence-electron chi connectivity index (χ1n) is 12.6. The normalized spacial score (nSPS) is 17.8. The molecule has 1 aromatic heterocycles. The standard InChI is InChI=1S/C29H30N6O/c1-2-35-14-12-20(13-15-35)31-21-10-11-23-22(17-21)27(29(36)34-23)26(18-6-5-7-19(30)16-18)28-32-24-8-3-4-9-25(24)33-28/h3-11,16-17,20,31H,2,12-15,30H2,1H3,(H,32,33)(H,34,36). The van der Waals surface area contributed by atoms with Gasteiger partial charge in [-0.1, -0.05) is 31.2 Å². The minimum atomic E-state index is -0.142. The number of anilines is 3. The highest BCUT2D eigenvalue weighted by Gasteiger charge is 2.31. The summed E-state index contributed by atoms with van der Waals surface area (Å²) in [5.74, 6) is 0.501. The van der Waals surface area contributed by atoms with Gasteiger partial charge < -0.3 is 26.3 Å². The molecule has 0 unspecified atom stereocenters. The van der Waals surface area contributed by atoms with Crippen molar-refractivity contribution in [2.24, 2.45) is 0 Å². The van der Waals surface area contributed by atoms with Gasteiger partial charge in [0, 0.05) is 47.3 Å². The first kappa shape index (κ1) is 22.4. The Bertz CT molecular complexity index is 1450. The number of imidazole rings is 1. The molecule has 7 heteroatoms. The van der Waals surface area contributed by atoms with Crippen LogP contribution in [0.25, 0.3) is 22.2 Å². The summed E-state index contributed by atoms with van der Waals surface area (Å²) in [6, 6.07) is 22.0. The fraction of sp³-hybridized carbons (Fsp3) is 0.241. The van der Waals surface area contributed by atoms with E-state index >= 15 is 0 Å². The minimum Gasteiger partial charge on any atom is -0.399 e. The Morgan fingerprint density at radius 1 is 1.08 bits per heavy atom. The largest absolute Gasteiger partial charge is 0.399 e. The molecular weight excluding hydrogens is 448 g/mol. The van der Waals surface area contributed by atoms with Gasteiger partial charge in [-0.2, -0.15) is 0 Å². The molecule has 7 nitrogen and oxygen atoms in total. The molecule has 0 saturated carbocycles. The monoisotopic (exact) mass is 478 g/mol. The van der Waals surface area contributed by atoms with Crippen molar-refractivity contribution in [3.05, 3.63) is 83.7 Å². The number of carbonyl (C=O) groups is 1. The van der Waals surface area contributed by atoms with Gasteiger partial charge in [0.05, 0.1) is 16.6 Å². The Balaban J connectivity index is 1.46. The van der Waals surface area contributed by atoms with Gasteiger partial charge in [0.15, 0.2) is 0 Å². The van der Waals surface area contributed by atoms with E-state index in [4.69, 9.17) is 10.7 Å². The van der Waals surface area contributed by atoms with Crippen LogP contribution in [0.15, 0.2) is 66.7 Å². The molecule has 3 aromatic carbocycles. The van der Waals surface area contributed by atoms with Crippen LogP contribution in [0.5, 0.6) is 0 Å². The average molecular weight is 479 g/mol. The molecule has 0 bridgehead atoms. The molecule has 0 radical (unpaired) electrons. The first-order valence-corrected chi connectivity index (χ1v) is 12.6. The van der Waals surface area contributed by atoms with Crippen molar-refractivity contribution in [2.45, 2.75) is 25.8 Å². The lowest BCUT2D eigenvalue weighted by molar-refractivity contribution is -0.110. The Hall–Kier alpha value is -4.10. The number of hydrogen-bond acceptors (Lipinski definition) is 5. The fourth-order valence-corrected chi connectivity index (χ4v) is 5.30. The third-order valence-corrected chi connectivity index (χ3v) is 7.22. The van der Waals surface area contributed by atoms with Gasteiger partial charge >= 0.3 is 0 Å². The molecule has 0 spiro atoms. The lowest BCUT2D eigenvalue weighted by atomic mass is 9.94. The van der Waals surface area contributed by atoms with Crippen LogP contribution in [0.2, 0.25) is 0 Å². The van der Waals surface area contributed by atoms with Crippen molar-refractivity contribution in [1.82, 2.24) is 14.9 Å². The van der Waals surface area contributed by atoms with E-state index in [-0.39, 0.29) is 5.91 Å². The maximum atomic E-state index is 13.4. The van der Waals surface area contributed by atoms with Crippen molar-refractivity contribution < 1.29 is 4.79 Å². The van der Waals surface area contributed by atoms with Gasteiger partial charge in [-0.3, -0.25) is 4.79 Å². The summed E-state index contributed by atoms with van der Waals surface area (Å²) in [5, 5.41) is 6.76. The summed E-state index contributed by atoms with van der Waals surface area (Å²) >= 11 is 0. The molecule has 6 rings (SSSR count). The van der Waals surface area contributed by atoms with E-state index in [0.29, 0.717) is 23.1 Å². The van der Waals surface area contributed by atoms with Gasteiger partial charge in [-0.15, -0.1) is 0 Å². The zero-order valence-electron chi connectivity index (χ0n) is 20.3. The summed E-state index contributed by atoms with van der Waals surface area (Å²) in [6.07, 6.45) is 2.22. The summed E-state index contributed by atoms with van der Waals surface area (Å²) in [7, 11) is 0. The molecule has 182 valence electrons. The molecule has 1 amide bonds. The fourth-order valence-electron chi connectivity index (χ4n) is 5.30. The number of amides is 1. The summed E-state index contributed by atoms with van der Waals surface area (Å²) in [5.41, 5.74) is 13.4. The summed E-state index contributed by atoms with van der Waals surface area (Å²) in [6.45, 7) is 5.53. The second-order valence-electron chi connectivity index (χ2n) is 9.55. The number of H-pyrrole nitrogens is 1. The quantitative estimate of drug-likeness (QED) is 0.240. The number of likely N-dealkylation sites (tertiary alicyclic amines) is 1. The van der Waals surface area contributed by atoms with Gasteiger partial charge in [-0.25, -0.2) is 4.98 Å². The van der Waals surface area contributed by atoms with Crippen LogP contribution >= 0.6 is 0 Å². The molecule has 36 heavy (non-hydrogen) atoms. The lowest BCUT2D eigenvalue weighted by Gasteiger charge is -2.32. The summed E-state index contributed by atoms with van der Waals surface area (Å²) < 4.78 is 0. The van der Waals surface area contributed by atoms with Gasteiger partial charge in [0.25, 0.3) is 5.91 Å². The third kappa shape index (κ3) is 4.12. The summed E-state index contributed by atoms with van der Waals surface area (Å²) in [4.78, 5) is 24.2. The zero-order valence-corrected chi connectivity index (χ0v) is 20.3. The number of rotatable bonds is 5. The van der Waals surface area contributed by atoms with E-state index in [9.17, 15) is 4.79 Å². The number of nitrogen functional groups attached to an aromatic ring is 1. The average Bonchev–Trinajstić information content (AvgIpc) is 3.46. The minimum absolute atomic E-state index is 0.142. The number of aromatic amines is 1. The Morgan fingerprint density at radius 2 is 1.92 bits per heavy atom. The van der Waals surface area contributed by atoms with Crippen LogP contribution in [0, 0.1) is 0 Å². The number of para-hydroxylation sites is 2. The highest BCUT2D eigenvalue weighted by Crippen LogP contribution is 2.41. The van der Waals surface area contributed by atoms with Gasteiger partial charge in [0.2, 0.25) is 0 Å². The van der Waals surface area contributed by atoms with E-state index in [0.717, 1.165) is 71.6 Å². The lowest BCUT2D eigenvalue weighted by Crippen LogP contribution is -2.38. The van der Waals surface area contributed by atoms with E-state index in [2.05, 4.69) is 39.6 Å². The van der Waals surface area contributed by atoms with Crippen LogP contribution in [0.4, 0.5) is 17.1 Å². The predicted octanol–water partition coefficient (Wildman–Crippen LogP) is 4.95. The van der Waals surface area contributed by atoms with Gasteiger partial charge in [-0.05, 0) is 67.4 Å². The molecule has 5 N–H and O–H groups in total. The smallest absolute Gasteiger partial charge is 0.257 e. The molecule has 3 heterocycles. The van der Waals surface area contributed by atoms with E-state index < -0.39 is 0 Å². The Labute approximate surface area is 210 Å². The molecule has 4 aromatic rings. The van der Waals surface area contributed by atoms with Crippen LogP contribution in [-0.2, 0) is 4.79 Å². The maximum absolute atomic E-state index is 13.4. The molecule has 1 fully saturated rings. The predicted molar refractivity (Wildman–Crippen MR) is 147 cm³/mol. The number of nitrogens with one attached hydrogen (secondary N) is 3. The van der Waals surface area contributed by atoms with Crippen molar-refractivity contribution in [3.8, 4) is 0 Å². The molecule has 2 aliphatic rings. The number of nitrogens with two attached hydrogens (primary N) is 1. The van der Waals surface area contributed by atoms with E-state index in [1.165, 1.54) is 0 Å². The van der Waals surface area contributed by atoms with Crippen molar-refractivity contribution in [3.63, 3.8) is 0 Å². The van der Waals surface area contributed by atoms with Gasteiger partial charge in [0.1, 0.15) is 5.82 Å². The number of carbonyl (C=O) groups excluding carboxylic acids is 1. The second kappa shape index (κ2) is 9.17. The van der Waals surface area contributed by atoms with Crippen molar-refractivity contribution in [2.75, 3.05) is 36.0 Å². The maximum Gasteiger partial charge on any atom is 0.257 e. The van der Waals surface area contributed by atoms with Crippen LogP contribution < -0.4 is 16.4 Å². The molecule has 0 aliphatic carbocycles. The van der Waals surface area contributed by atoms with Crippen LogP contribution in [-0.4, -0.2) is 46.5 Å². The van der Waals surface area contributed by atoms with Crippen LogP contribution in [0.3, 0.4) is 0 Å². The topological polar surface area (TPSA) is 99.1 Å². The first-order chi connectivity index (χ1) is 17.6. The Morgan fingerprint density at radius 3 is 2.69 bits per heavy atom. The molecule has 2 aliphatic heterocycles. The number of hydrogen-bond donors (Lipinski definition) is 4. The molecular formula is C29H30N6O. The number of benzene rings is 3. The van der Waals surface area contributed by atoms with E-state index in [1.54, 1.807) is 0 Å². The van der Waals surface area contributed by atoms with E-state index in [1.807, 2.05) is 54.6 Å². The highest BCUT2D eigenvalue weighted by molar-refractivity contribution is 6.38. The van der Waals surface area contributed by atoms with Crippen molar-refractivity contribution in [1.29, 1.82) is 0 Å². The number of nitrogens with zero attached hydrogens (tertiary/aromatic N) is 2. The molecule has 0 atom stereocenters. The Kier molecular flexibility index (Phi) is 5.70. The highest BCUT2D eigenvalue weighted by atomic mass is 16.2. The second-order valence-corrected chi connectivity index (χ2v) is 9.55. The molecule has 1 saturated heterocycles. The zero-order chi connectivity index (χ0) is 24.6. The number of piperidine rings is 1. The number of fused-ring (bicyclic) bond motifs is 2. The number of aromatic nitrogens is 2.